The Morgan fingerprint density at radius 3 is 2.81 bits per heavy atom. The van der Waals surface area contributed by atoms with Crippen LogP contribution in [0.15, 0.2) is 23.3 Å². The maximum Gasteiger partial charge on any atom is 0.191 e. The van der Waals surface area contributed by atoms with Gasteiger partial charge in [-0.1, -0.05) is 24.6 Å². The number of pyridine rings is 1. The van der Waals surface area contributed by atoms with Gasteiger partial charge < -0.3 is 10.6 Å². The van der Waals surface area contributed by atoms with Crippen LogP contribution in [0, 0.1) is 0 Å². The van der Waals surface area contributed by atoms with Crippen LogP contribution < -0.4 is 10.6 Å². The Morgan fingerprint density at radius 1 is 1.44 bits per heavy atom. The van der Waals surface area contributed by atoms with Crippen LogP contribution in [0.4, 0.5) is 0 Å². The topological polar surface area (TPSA) is 49.3 Å². The molecule has 0 fully saturated rings. The molecule has 0 bridgehead atoms. The molecule has 16 heavy (non-hydrogen) atoms. The smallest absolute Gasteiger partial charge is 0.191 e. The molecular weight excluding hydrogens is 224 g/mol. The van der Waals surface area contributed by atoms with Gasteiger partial charge in [0.1, 0.15) is 5.15 Å². The molecule has 1 heterocycles. The number of rotatable bonds is 4. The van der Waals surface area contributed by atoms with Crippen LogP contribution in [0.2, 0.25) is 5.15 Å². The molecule has 0 aliphatic rings. The van der Waals surface area contributed by atoms with Crippen LogP contribution in [0.5, 0.6) is 0 Å². The lowest BCUT2D eigenvalue weighted by Crippen LogP contribution is -2.37. The molecular formula is C11H17ClN4. The van der Waals surface area contributed by atoms with Crippen molar-refractivity contribution in [2.75, 3.05) is 13.6 Å². The van der Waals surface area contributed by atoms with Crippen molar-refractivity contribution in [3.05, 3.63) is 29.0 Å². The lowest BCUT2D eigenvalue weighted by Gasteiger charge is -2.10. The molecule has 0 amide bonds. The summed E-state index contributed by atoms with van der Waals surface area (Å²) in [5.74, 6) is 0.803. The Morgan fingerprint density at radius 2 is 2.25 bits per heavy atom. The summed E-state index contributed by atoms with van der Waals surface area (Å²) >= 11 is 5.70. The number of nitrogens with zero attached hydrogens (tertiary/aromatic N) is 2. The fourth-order valence-electron chi connectivity index (χ4n) is 1.16. The standard InChI is InChI=1S/C11H17ClN4/c1-3-6-14-11(13-2)16-8-9-4-5-10(12)15-7-9/h4-5,7H,3,6,8H2,1-2H3,(H2,13,14,16). The van der Waals surface area contributed by atoms with Crippen molar-refractivity contribution >= 4 is 17.6 Å². The van der Waals surface area contributed by atoms with Crippen molar-refractivity contribution in [2.45, 2.75) is 19.9 Å². The summed E-state index contributed by atoms with van der Waals surface area (Å²) in [7, 11) is 1.76. The molecule has 1 aromatic rings. The Labute approximate surface area is 101 Å². The van der Waals surface area contributed by atoms with Gasteiger partial charge in [-0.2, -0.15) is 0 Å². The van der Waals surface area contributed by atoms with Crippen molar-refractivity contribution in [3.63, 3.8) is 0 Å². The van der Waals surface area contributed by atoms with Gasteiger partial charge in [-0.3, -0.25) is 4.99 Å². The highest BCUT2D eigenvalue weighted by molar-refractivity contribution is 6.29. The van der Waals surface area contributed by atoms with Crippen LogP contribution in [0.1, 0.15) is 18.9 Å². The first-order valence-electron chi connectivity index (χ1n) is 5.31. The molecule has 0 aliphatic heterocycles. The van der Waals surface area contributed by atoms with Crippen molar-refractivity contribution in [1.29, 1.82) is 0 Å². The van der Waals surface area contributed by atoms with E-state index in [9.17, 15) is 0 Å². The Balaban J connectivity index is 2.40. The van der Waals surface area contributed by atoms with Crippen LogP contribution in [-0.2, 0) is 6.54 Å². The first-order valence-corrected chi connectivity index (χ1v) is 5.69. The molecule has 0 saturated heterocycles. The second kappa shape index (κ2) is 7.06. The summed E-state index contributed by atoms with van der Waals surface area (Å²) in [5, 5.41) is 6.90. The summed E-state index contributed by atoms with van der Waals surface area (Å²) in [6.45, 7) is 3.72. The summed E-state index contributed by atoms with van der Waals surface area (Å²) in [6, 6.07) is 3.72. The second-order valence-corrected chi connectivity index (χ2v) is 3.73. The van der Waals surface area contributed by atoms with Crippen LogP contribution >= 0.6 is 11.6 Å². The zero-order chi connectivity index (χ0) is 11.8. The summed E-state index contributed by atoms with van der Waals surface area (Å²) in [6.07, 6.45) is 2.83. The molecule has 0 radical (unpaired) electrons. The number of guanidine groups is 1. The van der Waals surface area contributed by atoms with E-state index in [1.165, 1.54) is 0 Å². The third-order valence-corrected chi connectivity index (χ3v) is 2.24. The Bertz CT molecular complexity index is 334. The Hall–Kier alpha value is -1.29. The monoisotopic (exact) mass is 240 g/mol. The molecule has 2 N–H and O–H groups in total. The molecule has 88 valence electrons. The summed E-state index contributed by atoms with van der Waals surface area (Å²) in [5.41, 5.74) is 1.07. The van der Waals surface area contributed by atoms with Crippen molar-refractivity contribution in [3.8, 4) is 0 Å². The molecule has 0 saturated carbocycles. The van der Waals surface area contributed by atoms with Gasteiger partial charge in [-0.25, -0.2) is 4.98 Å². The van der Waals surface area contributed by atoms with Crippen molar-refractivity contribution < 1.29 is 0 Å². The molecule has 0 aliphatic carbocycles. The minimum atomic E-state index is 0.511. The molecule has 5 heteroatoms. The third kappa shape index (κ3) is 4.49. The fraction of sp³-hybridized carbons (Fsp3) is 0.455. The zero-order valence-electron chi connectivity index (χ0n) is 9.63. The van der Waals surface area contributed by atoms with Gasteiger partial charge in [0, 0.05) is 26.3 Å². The average Bonchev–Trinajstić information content (AvgIpc) is 2.32. The predicted molar refractivity (Wildman–Crippen MR) is 67.7 cm³/mol. The van der Waals surface area contributed by atoms with E-state index in [0.717, 1.165) is 24.5 Å². The second-order valence-electron chi connectivity index (χ2n) is 3.34. The lowest BCUT2D eigenvalue weighted by molar-refractivity contribution is 0.780. The first-order chi connectivity index (χ1) is 7.76. The van der Waals surface area contributed by atoms with E-state index in [1.807, 2.05) is 6.07 Å². The first kappa shape index (κ1) is 12.8. The maximum atomic E-state index is 5.70. The van der Waals surface area contributed by atoms with E-state index in [4.69, 9.17) is 11.6 Å². The largest absolute Gasteiger partial charge is 0.356 e. The normalized spacial score (nSPS) is 11.3. The molecule has 0 atom stereocenters. The van der Waals surface area contributed by atoms with Crippen LogP contribution in [-0.4, -0.2) is 24.5 Å². The molecule has 1 aromatic heterocycles. The van der Waals surface area contributed by atoms with Crippen molar-refractivity contribution in [2.24, 2.45) is 4.99 Å². The van der Waals surface area contributed by atoms with Gasteiger partial charge in [0.25, 0.3) is 0 Å². The highest BCUT2D eigenvalue weighted by Crippen LogP contribution is 2.04. The minimum absolute atomic E-state index is 0.511. The number of hydrogen-bond donors (Lipinski definition) is 2. The number of halogens is 1. The predicted octanol–water partition coefficient (Wildman–Crippen LogP) is 1.81. The van der Waals surface area contributed by atoms with E-state index < -0.39 is 0 Å². The van der Waals surface area contributed by atoms with E-state index in [2.05, 4.69) is 27.5 Å². The van der Waals surface area contributed by atoms with E-state index >= 15 is 0 Å². The number of aromatic nitrogens is 1. The number of hydrogen-bond acceptors (Lipinski definition) is 2. The Kier molecular flexibility index (Phi) is 5.64. The fourth-order valence-corrected chi connectivity index (χ4v) is 1.27. The van der Waals surface area contributed by atoms with Gasteiger partial charge in [0.2, 0.25) is 0 Å². The van der Waals surface area contributed by atoms with Crippen molar-refractivity contribution in [1.82, 2.24) is 15.6 Å². The quantitative estimate of drug-likeness (QED) is 0.480. The zero-order valence-corrected chi connectivity index (χ0v) is 10.4. The van der Waals surface area contributed by atoms with Crippen LogP contribution in [0.25, 0.3) is 0 Å². The highest BCUT2D eigenvalue weighted by Gasteiger charge is 1.97. The van der Waals surface area contributed by atoms with Gasteiger partial charge in [0.05, 0.1) is 0 Å². The highest BCUT2D eigenvalue weighted by atomic mass is 35.5. The third-order valence-electron chi connectivity index (χ3n) is 2.01. The van der Waals surface area contributed by atoms with Gasteiger partial charge in [-0.05, 0) is 18.1 Å². The summed E-state index contributed by atoms with van der Waals surface area (Å²) in [4.78, 5) is 8.12. The van der Waals surface area contributed by atoms with E-state index in [-0.39, 0.29) is 0 Å². The molecule has 0 aromatic carbocycles. The van der Waals surface area contributed by atoms with Gasteiger partial charge >= 0.3 is 0 Å². The molecule has 0 unspecified atom stereocenters. The maximum absolute atomic E-state index is 5.70. The molecule has 0 spiro atoms. The molecule has 1 rings (SSSR count). The number of aliphatic imine (C=N–C) groups is 1. The minimum Gasteiger partial charge on any atom is -0.356 e. The average molecular weight is 241 g/mol. The van der Waals surface area contributed by atoms with Crippen LogP contribution in [0.3, 0.4) is 0 Å². The molecule has 4 nitrogen and oxygen atoms in total. The SMILES string of the molecule is CCCNC(=NC)NCc1ccc(Cl)nc1. The summed E-state index contributed by atoms with van der Waals surface area (Å²) < 4.78 is 0. The van der Waals surface area contributed by atoms with E-state index in [0.29, 0.717) is 11.7 Å². The van der Waals surface area contributed by atoms with E-state index in [1.54, 1.807) is 19.3 Å². The lowest BCUT2D eigenvalue weighted by atomic mass is 10.3. The van der Waals surface area contributed by atoms with Gasteiger partial charge in [-0.15, -0.1) is 0 Å². The number of nitrogens with one attached hydrogen (secondary N) is 2. The van der Waals surface area contributed by atoms with Gasteiger partial charge in [0.15, 0.2) is 5.96 Å².